The van der Waals surface area contributed by atoms with Gasteiger partial charge in [0, 0.05) is 11.1 Å². The number of sulfonamides is 1. The number of rotatable bonds is 5. The number of nitrogens with zero attached hydrogens (tertiary/aromatic N) is 1. The van der Waals surface area contributed by atoms with E-state index in [0.29, 0.717) is 11.1 Å². The molecule has 4 aromatic rings. The molecule has 1 heterocycles. The van der Waals surface area contributed by atoms with Crippen LogP contribution in [0.25, 0.3) is 22.8 Å². The molecule has 4 rings (SSSR count). The van der Waals surface area contributed by atoms with E-state index in [1.165, 1.54) is 12.1 Å². The maximum absolute atomic E-state index is 13.0. The Labute approximate surface area is 162 Å². The number of hydrogen-bond acceptors (Lipinski definition) is 5. The van der Waals surface area contributed by atoms with Crippen LogP contribution in [0.5, 0.6) is 5.75 Å². The van der Waals surface area contributed by atoms with Gasteiger partial charge in [0.15, 0.2) is 5.76 Å². The minimum absolute atomic E-state index is 0.0609. The molecule has 0 spiro atoms. The Bertz CT molecular complexity index is 1200. The summed E-state index contributed by atoms with van der Waals surface area (Å²) in [4.78, 5) is 4.26. The normalized spacial score (nSPS) is 11.3. The second-order valence-corrected chi connectivity index (χ2v) is 7.61. The molecule has 2 N–H and O–H groups in total. The minimum atomic E-state index is -4.12. The van der Waals surface area contributed by atoms with Crippen molar-refractivity contribution in [2.24, 2.45) is 0 Å². The third kappa shape index (κ3) is 3.47. The van der Waals surface area contributed by atoms with Gasteiger partial charge in [-0.25, -0.2) is 0 Å². The summed E-state index contributed by atoms with van der Waals surface area (Å²) in [6.07, 6.45) is 0. The van der Waals surface area contributed by atoms with Crippen LogP contribution in [-0.4, -0.2) is 18.5 Å². The van der Waals surface area contributed by atoms with Crippen molar-refractivity contribution < 1.29 is 17.9 Å². The summed E-state index contributed by atoms with van der Waals surface area (Å²) in [6.45, 7) is 0. The quantitative estimate of drug-likeness (QED) is 0.487. The molecule has 0 unspecified atom stereocenters. The second-order valence-electron chi connectivity index (χ2n) is 6.01. The highest BCUT2D eigenvalue weighted by Crippen LogP contribution is 2.34. The van der Waals surface area contributed by atoms with Crippen LogP contribution in [0.3, 0.4) is 0 Å². The number of aromatic hydroxyl groups is 1. The molecule has 1 aromatic heterocycles. The van der Waals surface area contributed by atoms with Gasteiger partial charge in [0.05, 0.1) is 5.69 Å². The number of phenols is 1. The van der Waals surface area contributed by atoms with Crippen LogP contribution in [0.4, 0.5) is 5.69 Å². The summed E-state index contributed by atoms with van der Waals surface area (Å²) in [5.74, 6) is 0.138. The lowest BCUT2D eigenvalue weighted by Crippen LogP contribution is -2.14. The predicted octanol–water partition coefficient (Wildman–Crippen LogP) is 4.52. The molecule has 140 valence electrons. The highest BCUT2D eigenvalue weighted by molar-refractivity contribution is 7.92. The van der Waals surface area contributed by atoms with E-state index in [9.17, 15) is 13.5 Å². The van der Waals surface area contributed by atoms with Gasteiger partial charge in [0.25, 0.3) is 10.0 Å². The Morgan fingerprint density at radius 1 is 0.786 bits per heavy atom. The van der Waals surface area contributed by atoms with Crippen LogP contribution in [-0.2, 0) is 10.0 Å². The van der Waals surface area contributed by atoms with Crippen molar-refractivity contribution in [2.75, 3.05) is 4.72 Å². The lowest BCUT2D eigenvalue weighted by atomic mass is 10.2. The van der Waals surface area contributed by atoms with E-state index in [2.05, 4.69) is 9.71 Å². The second kappa shape index (κ2) is 7.21. The van der Waals surface area contributed by atoms with Gasteiger partial charge in [-0.05, 0) is 24.3 Å². The molecule has 0 aliphatic carbocycles. The van der Waals surface area contributed by atoms with Gasteiger partial charge in [0.1, 0.15) is 5.75 Å². The van der Waals surface area contributed by atoms with E-state index >= 15 is 0 Å². The monoisotopic (exact) mass is 392 g/mol. The first-order chi connectivity index (χ1) is 13.5. The molecule has 0 saturated heterocycles. The fraction of sp³-hybridized carbons (Fsp3) is 0. The average Bonchev–Trinajstić information content (AvgIpc) is 3.18. The Kier molecular flexibility index (Phi) is 4.58. The van der Waals surface area contributed by atoms with Crippen LogP contribution >= 0.6 is 0 Å². The molecule has 0 fully saturated rings. The molecule has 0 aliphatic heterocycles. The van der Waals surface area contributed by atoms with Gasteiger partial charge < -0.3 is 9.52 Å². The first kappa shape index (κ1) is 17.8. The van der Waals surface area contributed by atoms with Crippen molar-refractivity contribution in [2.45, 2.75) is 5.03 Å². The van der Waals surface area contributed by atoms with Crippen LogP contribution in [0, 0.1) is 0 Å². The Morgan fingerprint density at radius 2 is 1.36 bits per heavy atom. The molecule has 3 aromatic carbocycles. The summed E-state index contributed by atoms with van der Waals surface area (Å²) in [5, 5.41) is 9.67. The summed E-state index contributed by atoms with van der Waals surface area (Å²) in [5.41, 5.74) is 1.30. The van der Waals surface area contributed by atoms with Crippen molar-refractivity contribution in [1.29, 1.82) is 0 Å². The first-order valence-electron chi connectivity index (χ1n) is 8.47. The van der Waals surface area contributed by atoms with Crippen LogP contribution in [0.2, 0.25) is 0 Å². The maximum Gasteiger partial charge on any atom is 0.283 e. The number of hydrogen-bond donors (Lipinski definition) is 2. The van der Waals surface area contributed by atoms with Crippen molar-refractivity contribution in [3.05, 3.63) is 84.9 Å². The number of oxazole rings is 1. The summed E-state index contributed by atoms with van der Waals surface area (Å²) in [6, 6.07) is 24.0. The molecular formula is C21H16N2O4S. The number of nitrogens with one attached hydrogen (secondary N) is 1. The standard InChI is InChI=1S/C21H16N2O4S/c24-18-14-8-7-13-17(18)23-28(25,26)21-19(15-9-3-1-4-10-15)27-20(22-21)16-11-5-2-6-12-16/h1-14,23-24H. The molecule has 0 saturated carbocycles. The Hall–Kier alpha value is -3.58. The molecule has 0 amide bonds. The zero-order chi connectivity index (χ0) is 19.6. The molecular weight excluding hydrogens is 376 g/mol. The Balaban J connectivity index is 1.85. The van der Waals surface area contributed by atoms with Crippen molar-refractivity contribution in [1.82, 2.24) is 4.98 Å². The smallest absolute Gasteiger partial charge is 0.283 e. The van der Waals surface area contributed by atoms with Crippen molar-refractivity contribution in [3.63, 3.8) is 0 Å². The predicted molar refractivity (Wildman–Crippen MR) is 106 cm³/mol. The maximum atomic E-state index is 13.0. The number of phenolic OH excluding ortho intramolecular Hbond substituents is 1. The van der Waals surface area contributed by atoms with E-state index < -0.39 is 10.0 Å². The van der Waals surface area contributed by atoms with Crippen LogP contribution in [0.1, 0.15) is 0 Å². The van der Waals surface area contributed by atoms with Gasteiger partial charge in [-0.2, -0.15) is 13.4 Å². The molecule has 0 atom stereocenters. The van der Waals surface area contributed by atoms with E-state index in [1.807, 2.05) is 24.3 Å². The largest absolute Gasteiger partial charge is 0.506 e. The van der Waals surface area contributed by atoms with Gasteiger partial charge in [-0.1, -0.05) is 60.7 Å². The third-order valence-corrected chi connectivity index (χ3v) is 5.33. The van der Waals surface area contributed by atoms with Gasteiger partial charge in [0.2, 0.25) is 10.9 Å². The first-order valence-corrected chi connectivity index (χ1v) is 9.95. The van der Waals surface area contributed by atoms with Gasteiger partial charge in [-0.3, -0.25) is 4.72 Å². The third-order valence-electron chi connectivity index (χ3n) is 4.06. The van der Waals surface area contributed by atoms with E-state index in [1.54, 1.807) is 48.5 Å². The summed E-state index contributed by atoms with van der Waals surface area (Å²) < 4.78 is 34.3. The molecule has 0 radical (unpaired) electrons. The molecule has 28 heavy (non-hydrogen) atoms. The number of para-hydroxylation sites is 2. The lowest BCUT2D eigenvalue weighted by Gasteiger charge is -2.08. The Morgan fingerprint density at radius 3 is 2.00 bits per heavy atom. The fourth-order valence-corrected chi connectivity index (χ4v) is 3.88. The van der Waals surface area contributed by atoms with E-state index in [0.717, 1.165) is 0 Å². The fourth-order valence-electron chi connectivity index (χ4n) is 2.72. The van der Waals surface area contributed by atoms with Gasteiger partial charge >= 0.3 is 0 Å². The summed E-state index contributed by atoms with van der Waals surface area (Å²) in [7, 11) is -4.12. The SMILES string of the molecule is O=S(=O)(Nc1ccccc1O)c1nc(-c2ccccc2)oc1-c1ccccc1. The topological polar surface area (TPSA) is 92.4 Å². The van der Waals surface area contributed by atoms with Crippen LogP contribution < -0.4 is 4.72 Å². The molecule has 0 aliphatic rings. The zero-order valence-electron chi connectivity index (χ0n) is 14.6. The summed E-state index contributed by atoms with van der Waals surface area (Å²) >= 11 is 0. The number of aromatic nitrogens is 1. The van der Waals surface area contributed by atoms with Crippen molar-refractivity contribution >= 4 is 15.7 Å². The van der Waals surface area contributed by atoms with E-state index in [-0.39, 0.29) is 28.1 Å². The molecule has 6 nitrogen and oxygen atoms in total. The number of anilines is 1. The van der Waals surface area contributed by atoms with E-state index in [4.69, 9.17) is 4.42 Å². The van der Waals surface area contributed by atoms with Crippen molar-refractivity contribution in [3.8, 4) is 28.5 Å². The molecule has 0 bridgehead atoms. The van der Waals surface area contributed by atoms with Gasteiger partial charge in [-0.15, -0.1) is 0 Å². The zero-order valence-corrected chi connectivity index (χ0v) is 15.4. The highest BCUT2D eigenvalue weighted by Gasteiger charge is 2.28. The van der Waals surface area contributed by atoms with Crippen LogP contribution in [0.15, 0.2) is 94.4 Å². The average molecular weight is 392 g/mol. The minimum Gasteiger partial charge on any atom is -0.506 e. The molecule has 7 heteroatoms. The number of benzene rings is 3. The highest BCUT2D eigenvalue weighted by atomic mass is 32.2. The lowest BCUT2D eigenvalue weighted by molar-refractivity contribution is 0.477.